The van der Waals surface area contributed by atoms with Crippen LogP contribution in [0, 0.1) is 11.5 Å². The second-order valence-electron chi connectivity index (χ2n) is 1.02. The molecule has 0 aromatic heterocycles. The molecule has 0 spiro atoms. The molecule has 0 aliphatic heterocycles. The zero-order chi connectivity index (χ0) is 11.7. The van der Waals surface area contributed by atoms with E-state index >= 15 is 0 Å². The maximum Gasteiger partial charge on any atom is 2.00 e. The molecule has 16 heavy (non-hydrogen) atoms. The fourth-order valence-corrected chi connectivity index (χ4v) is 0. The van der Waals surface area contributed by atoms with Gasteiger partial charge < -0.3 is 44.2 Å². The molecule has 0 saturated carbocycles. The predicted octanol–water partition coefficient (Wildman–Crippen LogP) is -6.23. The van der Waals surface area contributed by atoms with Gasteiger partial charge in [0.25, 0.3) is 0 Å². The molecule has 0 aromatic carbocycles. The first-order valence-electron chi connectivity index (χ1n) is 1.97. The Morgan fingerprint density at radius 2 is 0.812 bits per heavy atom. The topological polar surface area (TPSA) is 222 Å². The summed E-state index contributed by atoms with van der Waals surface area (Å²) in [6.45, 7) is 0. The van der Waals surface area contributed by atoms with Crippen molar-refractivity contribution in [2.24, 2.45) is 5.73 Å². The minimum atomic E-state index is -5.39. The van der Waals surface area contributed by atoms with E-state index in [1.165, 1.54) is 6.19 Å². The molecule has 0 heterocycles. The van der Waals surface area contributed by atoms with Crippen LogP contribution < -0.4 is 35.1 Å². The molecule has 0 rings (SSSR count). The van der Waals surface area contributed by atoms with Gasteiger partial charge in [0.2, 0.25) is 0 Å². The molecule has 0 saturated heterocycles. The molecule has 0 amide bonds. The SMILES string of the molecule is N#CN.O=P([O-])([O-])[O-].O=P([O-])([O-])[O-].[Zn+2].[Zn+2].[Zn+2]. The summed E-state index contributed by atoms with van der Waals surface area (Å²) >= 11 is 0. The normalized spacial score (nSPS) is 7.81. The van der Waals surface area contributed by atoms with E-state index in [0.29, 0.717) is 0 Å². The van der Waals surface area contributed by atoms with Crippen molar-refractivity contribution in [2.75, 3.05) is 0 Å². The van der Waals surface area contributed by atoms with E-state index in [2.05, 4.69) is 5.73 Å². The van der Waals surface area contributed by atoms with Crippen LogP contribution in [0.25, 0.3) is 0 Å². The summed E-state index contributed by atoms with van der Waals surface area (Å²) in [4.78, 5) is 51.3. The summed E-state index contributed by atoms with van der Waals surface area (Å²) in [5.41, 5.74) is 4.15. The van der Waals surface area contributed by atoms with Gasteiger partial charge in [-0.1, -0.05) is 0 Å². The van der Waals surface area contributed by atoms with E-state index in [9.17, 15) is 0 Å². The first kappa shape index (κ1) is 36.0. The van der Waals surface area contributed by atoms with E-state index in [4.69, 9.17) is 43.8 Å². The third-order valence-electron chi connectivity index (χ3n) is 0. The van der Waals surface area contributed by atoms with Gasteiger partial charge in [-0.3, -0.25) is 0 Å². The maximum absolute atomic E-state index is 8.55. The minimum absolute atomic E-state index is 0. The van der Waals surface area contributed by atoms with Crippen LogP contribution in [0.3, 0.4) is 0 Å². The molecule has 15 heteroatoms. The van der Waals surface area contributed by atoms with Crippen LogP contribution in [0.5, 0.6) is 0 Å². The van der Waals surface area contributed by atoms with Crippen molar-refractivity contribution in [3.63, 3.8) is 0 Å². The first-order valence-corrected chi connectivity index (χ1v) is 4.89. The number of rotatable bonds is 0. The summed E-state index contributed by atoms with van der Waals surface area (Å²) in [7, 11) is -10.8. The quantitative estimate of drug-likeness (QED) is 0.166. The number of phosphoric acid groups is 2. The van der Waals surface area contributed by atoms with Gasteiger partial charge in [0.05, 0.1) is 0 Å². The van der Waals surface area contributed by atoms with E-state index in [-0.39, 0.29) is 58.4 Å². The smallest absolute Gasteiger partial charge is 0.822 e. The Balaban J connectivity index is -0.0000000220. The van der Waals surface area contributed by atoms with Crippen molar-refractivity contribution in [3.8, 4) is 6.19 Å². The second-order valence-corrected chi connectivity index (χ2v) is 2.81. The van der Waals surface area contributed by atoms with Gasteiger partial charge in [-0.15, -0.1) is 0 Å². The van der Waals surface area contributed by atoms with E-state index < -0.39 is 15.6 Å². The van der Waals surface area contributed by atoms with E-state index in [0.717, 1.165) is 0 Å². The van der Waals surface area contributed by atoms with Crippen molar-refractivity contribution in [1.29, 1.82) is 5.26 Å². The standard InChI is InChI=1S/CH2N2.2H3O4P.3Zn/c2-1-3;2*1-5(2,3)4;;;/h2H2;2*(H3,1,2,3,4);;;/q;;;3*+2/p-6. The summed E-state index contributed by atoms with van der Waals surface area (Å²) in [5.74, 6) is 0. The van der Waals surface area contributed by atoms with Crippen molar-refractivity contribution in [2.45, 2.75) is 0 Å². The van der Waals surface area contributed by atoms with Gasteiger partial charge in [-0.2, -0.15) is 20.9 Å². The third-order valence-corrected chi connectivity index (χ3v) is 0. The van der Waals surface area contributed by atoms with Crippen LogP contribution in [-0.2, 0) is 67.6 Å². The van der Waals surface area contributed by atoms with Crippen LogP contribution in [-0.4, -0.2) is 0 Å². The Morgan fingerprint density at radius 3 is 0.812 bits per heavy atom. The summed E-state index contributed by atoms with van der Waals surface area (Å²) in [6.07, 6.45) is 1.25. The van der Waals surface area contributed by atoms with Crippen LogP contribution in [0.4, 0.5) is 0 Å². The zero-order valence-corrected chi connectivity index (χ0v) is 18.5. The molecule has 10 nitrogen and oxygen atoms in total. The molecule has 0 unspecified atom stereocenters. The van der Waals surface area contributed by atoms with Gasteiger partial charge in [-0.05, 0) is 0 Å². The molecule has 0 aliphatic carbocycles. The average molecular weight is 428 g/mol. The maximum atomic E-state index is 8.55. The molecule has 0 radical (unpaired) electrons. The molecule has 2 N–H and O–H groups in total. The van der Waals surface area contributed by atoms with Crippen LogP contribution in [0.15, 0.2) is 0 Å². The van der Waals surface area contributed by atoms with Crippen molar-refractivity contribution < 1.29 is 96.9 Å². The fraction of sp³-hybridized carbons (Fsp3) is 0. The number of hydrogen-bond acceptors (Lipinski definition) is 10. The van der Waals surface area contributed by atoms with Gasteiger partial charge in [-0.25, -0.2) is 0 Å². The fourth-order valence-electron chi connectivity index (χ4n) is 0. The van der Waals surface area contributed by atoms with Crippen molar-refractivity contribution in [3.05, 3.63) is 0 Å². The van der Waals surface area contributed by atoms with E-state index in [1.807, 2.05) is 0 Å². The Morgan fingerprint density at radius 1 is 0.812 bits per heavy atom. The van der Waals surface area contributed by atoms with Crippen LogP contribution in [0.1, 0.15) is 0 Å². The Labute approximate surface area is 129 Å². The zero-order valence-electron chi connectivity index (χ0n) is 7.81. The Kier molecular flexibility index (Phi) is 42.2. The van der Waals surface area contributed by atoms with Gasteiger partial charge in [0.15, 0.2) is 6.19 Å². The summed E-state index contributed by atoms with van der Waals surface area (Å²) < 4.78 is 17.1. The molecule has 0 fully saturated rings. The number of nitrogens with two attached hydrogens (primary N) is 1. The molecule has 0 aromatic rings. The monoisotopic (exact) mass is 424 g/mol. The van der Waals surface area contributed by atoms with E-state index in [1.54, 1.807) is 0 Å². The Bertz CT molecular complexity index is 206. The minimum Gasteiger partial charge on any atom is -0.822 e. The molecule has 0 aliphatic rings. The summed E-state index contributed by atoms with van der Waals surface area (Å²) in [5, 5.41) is 7.10. The largest absolute Gasteiger partial charge is 2.00 e. The molecular formula is CH2N2O8P2Zn3. The third kappa shape index (κ3) is 1670. The van der Waals surface area contributed by atoms with Crippen LogP contribution >= 0.6 is 15.6 Å². The predicted molar refractivity (Wildman–Crippen MR) is 25.0 cm³/mol. The molecule has 0 atom stereocenters. The van der Waals surface area contributed by atoms with Gasteiger partial charge in [0.1, 0.15) is 0 Å². The number of nitrogens with zero attached hydrogens (tertiary/aromatic N) is 1. The van der Waals surface area contributed by atoms with Crippen LogP contribution in [0.2, 0.25) is 0 Å². The molecule has 80 valence electrons. The number of hydrogen-bond donors (Lipinski definition) is 1. The van der Waals surface area contributed by atoms with Crippen molar-refractivity contribution >= 4 is 15.6 Å². The molecular weight excluding hydrogens is 426 g/mol. The molecule has 0 bridgehead atoms. The average Bonchev–Trinajstić information content (AvgIpc) is 1.52. The Hall–Kier alpha value is 1.38. The summed E-state index contributed by atoms with van der Waals surface area (Å²) in [6, 6.07) is 0. The first-order chi connectivity index (χ1) is 5.41. The van der Waals surface area contributed by atoms with Crippen molar-refractivity contribution in [1.82, 2.24) is 0 Å². The second kappa shape index (κ2) is 18.7. The number of nitriles is 1. The van der Waals surface area contributed by atoms with Gasteiger partial charge >= 0.3 is 58.4 Å². The van der Waals surface area contributed by atoms with Gasteiger partial charge in [0, 0.05) is 0 Å².